The van der Waals surface area contributed by atoms with E-state index in [0.717, 1.165) is 16.7 Å². The van der Waals surface area contributed by atoms with E-state index in [9.17, 15) is 59.1 Å². The second kappa shape index (κ2) is 18.4. The SMILES string of the molecule is C[C@H](N)C(=O)N[C@H]1Cc2c([nH]c3ccccc23)SC[C@@H](C(=O)N2CC[C@H](O)[C@H]2C(=O)O)NC(=O)[C@@H]([C@@H](C)O)NC(=O)[C@H](C)NC(=O)[C@H](C[C@@](C)(O)CO)NC1=O. The second-order valence-electron chi connectivity index (χ2n) is 14.5. The minimum Gasteiger partial charge on any atom is -0.480 e. The molecule has 21 heteroatoms. The summed E-state index contributed by atoms with van der Waals surface area (Å²) in [5.74, 6) is -7.21. The van der Waals surface area contributed by atoms with Crippen LogP contribution < -0.4 is 32.3 Å². The van der Waals surface area contributed by atoms with Crippen molar-refractivity contribution >= 4 is 64.1 Å². The molecule has 2 aliphatic rings. The number of H-pyrrole nitrogens is 1. The number of carboxylic acids is 1. The molecule has 0 saturated carbocycles. The zero-order chi connectivity index (χ0) is 41.6. The molecule has 20 nitrogen and oxygen atoms in total. The molecule has 0 spiro atoms. The maximum atomic E-state index is 14.1. The van der Waals surface area contributed by atoms with Crippen LogP contribution in [0.1, 0.15) is 46.1 Å². The summed E-state index contributed by atoms with van der Waals surface area (Å²) in [6.07, 6.45) is -3.75. The number of thioether (sulfide) groups is 1. The van der Waals surface area contributed by atoms with Gasteiger partial charge in [-0.3, -0.25) is 28.8 Å². The zero-order valence-electron chi connectivity index (χ0n) is 31.3. The average molecular weight is 807 g/mol. The number of carboxylic acid groups (broad SMARTS) is 1. The summed E-state index contributed by atoms with van der Waals surface area (Å²) in [5.41, 5.74) is 4.97. The van der Waals surface area contributed by atoms with Crippen molar-refractivity contribution in [2.24, 2.45) is 5.73 Å². The van der Waals surface area contributed by atoms with E-state index in [1.807, 2.05) is 0 Å². The summed E-state index contributed by atoms with van der Waals surface area (Å²) in [6, 6.07) is -3.35. The number of carbonyl (C=O) groups excluding carboxylic acids is 6. The molecule has 2 aromatic rings. The van der Waals surface area contributed by atoms with Gasteiger partial charge in [-0.25, -0.2) is 4.79 Å². The monoisotopic (exact) mass is 806 g/mol. The van der Waals surface area contributed by atoms with Gasteiger partial charge in [-0.05, 0) is 45.7 Å². The number of nitrogens with zero attached hydrogens (tertiary/aromatic N) is 1. The highest BCUT2D eigenvalue weighted by Crippen LogP contribution is 2.32. The fourth-order valence-corrected chi connectivity index (χ4v) is 7.50. The molecule has 1 aromatic carbocycles. The largest absolute Gasteiger partial charge is 0.480 e. The molecule has 1 saturated heterocycles. The Morgan fingerprint density at radius 1 is 1.04 bits per heavy atom. The first-order valence-electron chi connectivity index (χ1n) is 18.0. The number of likely N-dealkylation sites (tertiary alicyclic amines) is 1. The fraction of sp³-hybridized carbons (Fsp3) is 0.571. The zero-order valence-corrected chi connectivity index (χ0v) is 32.1. The van der Waals surface area contributed by atoms with Gasteiger partial charge in [-0.15, -0.1) is 11.8 Å². The van der Waals surface area contributed by atoms with Gasteiger partial charge in [0.2, 0.25) is 35.4 Å². The summed E-state index contributed by atoms with van der Waals surface area (Å²) in [4.78, 5) is 98.1. The van der Waals surface area contributed by atoms with Crippen LogP contribution in [-0.2, 0) is 40.0 Å². The minimum absolute atomic E-state index is 0.0480. The molecule has 308 valence electrons. The predicted octanol–water partition coefficient (Wildman–Crippen LogP) is -3.83. The van der Waals surface area contributed by atoms with Crippen molar-refractivity contribution in [2.45, 2.75) is 112 Å². The highest BCUT2D eigenvalue weighted by molar-refractivity contribution is 7.99. The van der Waals surface area contributed by atoms with Crippen LogP contribution in [-0.4, -0.2) is 156 Å². The number of para-hydroxylation sites is 1. The molecular weight excluding hydrogens is 756 g/mol. The second-order valence-corrected chi connectivity index (χ2v) is 15.5. The van der Waals surface area contributed by atoms with Gasteiger partial charge in [0, 0.05) is 36.0 Å². The number of nitrogens with two attached hydrogens (primary N) is 1. The third-order valence-electron chi connectivity index (χ3n) is 9.57. The van der Waals surface area contributed by atoms with Crippen LogP contribution in [0.4, 0.5) is 0 Å². The summed E-state index contributed by atoms with van der Waals surface area (Å²) >= 11 is 1.00. The number of aliphatic carboxylic acids is 1. The van der Waals surface area contributed by atoms with Gasteiger partial charge >= 0.3 is 5.97 Å². The Labute approximate surface area is 325 Å². The normalized spacial score (nSPS) is 27.9. The van der Waals surface area contributed by atoms with Crippen LogP contribution in [0, 0.1) is 0 Å². The van der Waals surface area contributed by atoms with Crippen molar-refractivity contribution in [3.8, 4) is 0 Å². The Balaban J connectivity index is 1.85. The number of aliphatic hydroxyl groups excluding tert-OH is 3. The lowest BCUT2D eigenvalue weighted by Gasteiger charge is -2.31. The van der Waals surface area contributed by atoms with Gasteiger partial charge in [0.1, 0.15) is 30.2 Å². The van der Waals surface area contributed by atoms with E-state index < -0.39 is 115 Å². The van der Waals surface area contributed by atoms with Crippen molar-refractivity contribution in [1.82, 2.24) is 36.5 Å². The number of aromatic nitrogens is 1. The van der Waals surface area contributed by atoms with Gasteiger partial charge in [-0.1, -0.05) is 18.2 Å². The Morgan fingerprint density at radius 3 is 2.34 bits per heavy atom. The van der Waals surface area contributed by atoms with Crippen LogP contribution in [0.15, 0.2) is 29.3 Å². The summed E-state index contributed by atoms with van der Waals surface area (Å²) in [5, 5.41) is 64.6. The maximum Gasteiger partial charge on any atom is 0.329 e. The van der Waals surface area contributed by atoms with E-state index in [1.54, 1.807) is 24.3 Å². The summed E-state index contributed by atoms with van der Waals surface area (Å²) in [7, 11) is 0. The molecule has 6 amide bonds. The first-order valence-corrected chi connectivity index (χ1v) is 19.0. The molecule has 3 heterocycles. The number of nitrogens with one attached hydrogen (secondary N) is 6. The number of hydrogen-bond acceptors (Lipinski definition) is 13. The number of hydrogen-bond donors (Lipinski definition) is 12. The fourth-order valence-electron chi connectivity index (χ4n) is 6.39. The lowest BCUT2D eigenvalue weighted by molar-refractivity contribution is -0.152. The van der Waals surface area contributed by atoms with Crippen molar-refractivity contribution in [3.63, 3.8) is 0 Å². The van der Waals surface area contributed by atoms with Crippen molar-refractivity contribution in [1.29, 1.82) is 0 Å². The Hall–Kier alpha value is -4.80. The highest BCUT2D eigenvalue weighted by atomic mass is 32.2. The van der Waals surface area contributed by atoms with Crippen LogP contribution in [0.3, 0.4) is 0 Å². The minimum atomic E-state index is -1.90. The summed E-state index contributed by atoms with van der Waals surface area (Å²) < 4.78 is 0. The molecule has 56 heavy (non-hydrogen) atoms. The summed E-state index contributed by atoms with van der Waals surface area (Å²) in [6.45, 7) is 4.09. The third kappa shape index (κ3) is 10.5. The Kier molecular flexibility index (Phi) is 14.5. The number of carbonyl (C=O) groups is 7. The molecular formula is C35H50N8O12S. The maximum absolute atomic E-state index is 14.1. The number of benzene rings is 1. The molecule has 0 radical (unpaired) electrons. The Bertz CT molecular complexity index is 1820. The van der Waals surface area contributed by atoms with Crippen LogP contribution in [0.2, 0.25) is 0 Å². The van der Waals surface area contributed by atoms with Crippen LogP contribution in [0.25, 0.3) is 10.9 Å². The molecule has 1 fully saturated rings. The molecule has 0 unspecified atom stereocenters. The average Bonchev–Trinajstić information content (AvgIpc) is 3.70. The molecule has 0 bridgehead atoms. The van der Waals surface area contributed by atoms with Crippen molar-refractivity contribution in [2.75, 3.05) is 18.9 Å². The molecule has 2 aliphatic heterocycles. The van der Waals surface area contributed by atoms with Gasteiger partial charge in [0.05, 0.1) is 35.5 Å². The molecule has 0 aliphatic carbocycles. The lowest BCUT2D eigenvalue weighted by Crippen LogP contribution is -2.62. The molecule has 1 aromatic heterocycles. The van der Waals surface area contributed by atoms with Crippen molar-refractivity contribution in [3.05, 3.63) is 29.8 Å². The van der Waals surface area contributed by atoms with Crippen LogP contribution >= 0.6 is 11.8 Å². The lowest BCUT2D eigenvalue weighted by atomic mass is 9.96. The number of amides is 6. The number of aliphatic hydroxyl groups is 4. The quantitative estimate of drug-likeness (QED) is 0.122. The third-order valence-corrected chi connectivity index (χ3v) is 10.7. The number of aromatic amines is 1. The van der Waals surface area contributed by atoms with E-state index in [0.29, 0.717) is 21.5 Å². The van der Waals surface area contributed by atoms with Crippen molar-refractivity contribution < 1.29 is 59.1 Å². The predicted molar refractivity (Wildman–Crippen MR) is 199 cm³/mol. The van der Waals surface area contributed by atoms with Crippen LogP contribution in [0.5, 0.6) is 0 Å². The smallest absolute Gasteiger partial charge is 0.329 e. The first kappa shape index (κ1) is 43.9. The van der Waals surface area contributed by atoms with E-state index in [1.165, 1.54) is 27.7 Å². The van der Waals surface area contributed by atoms with E-state index in [4.69, 9.17) is 5.73 Å². The first-order chi connectivity index (χ1) is 26.2. The van der Waals surface area contributed by atoms with Gasteiger partial charge in [0.15, 0.2) is 6.04 Å². The Morgan fingerprint density at radius 2 is 1.71 bits per heavy atom. The number of fused-ring (bicyclic) bond motifs is 3. The number of rotatable bonds is 8. The van der Waals surface area contributed by atoms with E-state index >= 15 is 0 Å². The van der Waals surface area contributed by atoms with E-state index in [2.05, 4.69) is 31.6 Å². The van der Waals surface area contributed by atoms with Gasteiger partial charge in [-0.2, -0.15) is 0 Å². The van der Waals surface area contributed by atoms with E-state index in [-0.39, 0.29) is 25.1 Å². The molecule has 4 rings (SSSR count). The highest BCUT2D eigenvalue weighted by Gasteiger charge is 2.44. The molecule has 13 N–H and O–H groups in total. The standard InChI is InChI=1S/C35H50N8O12S/c1-15(36)27(47)38-21-11-19-18-7-5-6-8-20(18)41-32(19)56-13-23(33(52)43-10-9-24(46)26(43)34(53)54)40-31(51)25(17(3)45)42-28(48)16(2)37-30(50)22(39-29(21)49)12-35(4,55)14-44/h5-8,15-17,21-26,41,44-46,55H,9-14,36H2,1-4H3,(H,37,50)(H,38,47)(H,39,49)(H,40,51)(H,42,48)(H,53,54)/t15-,16-,17+,21-,22-,23-,24-,25+,26-,35+/m0/s1. The molecule has 10 atom stereocenters. The van der Waals surface area contributed by atoms with Gasteiger partial charge < -0.3 is 67.7 Å². The van der Waals surface area contributed by atoms with Gasteiger partial charge in [0.25, 0.3) is 0 Å². The topological polar surface area (TPSA) is 326 Å².